The van der Waals surface area contributed by atoms with Gasteiger partial charge in [0, 0.05) is 37.8 Å². The summed E-state index contributed by atoms with van der Waals surface area (Å²) in [4.78, 5) is 5.48. The van der Waals surface area contributed by atoms with Gasteiger partial charge in [0.15, 0.2) is 0 Å². The predicted molar refractivity (Wildman–Crippen MR) is 80.2 cm³/mol. The first-order valence-electron chi connectivity index (χ1n) is 8.36. The van der Waals surface area contributed by atoms with Crippen LogP contribution in [0.25, 0.3) is 0 Å². The molecule has 3 rings (SSSR count). The van der Waals surface area contributed by atoms with Crippen LogP contribution in [-0.2, 0) is 0 Å². The summed E-state index contributed by atoms with van der Waals surface area (Å²) in [6.45, 7) is 10.7. The van der Waals surface area contributed by atoms with Crippen molar-refractivity contribution in [3.05, 3.63) is 0 Å². The van der Waals surface area contributed by atoms with Gasteiger partial charge in [0.05, 0.1) is 0 Å². The highest BCUT2D eigenvalue weighted by atomic mass is 15.3. The van der Waals surface area contributed by atoms with E-state index in [2.05, 4.69) is 23.6 Å². The van der Waals surface area contributed by atoms with Gasteiger partial charge in [-0.15, -0.1) is 0 Å². The van der Waals surface area contributed by atoms with E-state index in [0.29, 0.717) is 11.0 Å². The summed E-state index contributed by atoms with van der Waals surface area (Å²) >= 11 is 0. The van der Waals surface area contributed by atoms with Crippen LogP contribution in [0, 0.1) is 5.41 Å². The van der Waals surface area contributed by atoms with Gasteiger partial charge in [-0.25, -0.2) is 0 Å². The topological polar surface area (TPSA) is 32.5 Å². The third-order valence-corrected chi connectivity index (χ3v) is 6.41. The van der Waals surface area contributed by atoms with Crippen molar-refractivity contribution in [1.29, 1.82) is 0 Å². The van der Waals surface area contributed by atoms with Gasteiger partial charge in [-0.3, -0.25) is 9.80 Å². The largest absolute Gasteiger partial charge is 0.329 e. The molecule has 2 saturated heterocycles. The van der Waals surface area contributed by atoms with Crippen LogP contribution in [0.4, 0.5) is 0 Å². The van der Waals surface area contributed by atoms with E-state index in [-0.39, 0.29) is 0 Å². The molecule has 1 aliphatic carbocycles. The monoisotopic (exact) mass is 265 g/mol. The van der Waals surface area contributed by atoms with E-state index in [1.807, 2.05) is 0 Å². The van der Waals surface area contributed by atoms with Crippen LogP contribution in [0.5, 0.6) is 0 Å². The van der Waals surface area contributed by atoms with Gasteiger partial charge in [-0.2, -0.15) is 0 Å². The average Bonchev–Trinajstić information content (AvgIpc) is 3.06. The van der Waals surface area contributed by atoms with Crippen LogP contribution in [0.3, 0.4) is 0 Å². The summed E-state index contributed by atoms with van der Waals surface area (Å²) in [7, 11) is 0. The molecule has 19 heavy (non-hydrogen) atoms. The van der Waals surface area contributed by atoms with E-state index in [4.69, 9.17) is 5.73 Å². The molecule has 2 heterocycles. The number of nitrogens with zero attached hydrogens (tertiary/aromatic N) is 2. The second kappa shape index (κ2) is 5.01. The van der Waals surface area contributed by atoms with Gasteiger partial charge in [-0.05, 0) is 50.5 Å². The standard InChI is InChI=1S/C16H31N3/c1-3-15(4-2)7-10-19(12-15)16(11-17)8-9-18(13-16)14-5-6-14/h14H,3-13,17H2,1-2H3. The van der Waals surface area contributed by atoms with Crippen molar-refractivity contribution in [3.8, 4) is 0 Å². The van der Waals surface area contributed by atoms with Crippen molar-refractivity contribution < 1.29 is 0 Å². The lowest BCUT2D eigenvalue weighted by molar-refractivity contribution is 0.106. The molecule has 0 aromatic carbocycles. The maximum absolute atomic E-state index is 6.23. The minimum absolute atomic E-state index is 0.300. The highest BCUT2D eigenvalue weighted by molar-refractivity contribution is 5.06. The van der Waals surface area contributed by atoms with Gasteiger partial charge in [0.2, 0.25) is 0 Å². The summed E-state index contributed by atoms with van der Waals surface area (Å²) in [6.07, 6.45) is 8.18. The normalized spacial score (nSPS) is 36.2. The van der Waals surface area contributed by atoms with Gasteiger partial charge in [0.1, 0.15) is 0 Å². The van der Waals surface area contributed by atoms with Crippen molar-refractivity contribution in [2.24, 2.45) is 11.1 Å². The first kappa shape index (κ1) is 13.8. The van der Waals surface area contributed by atoms with Crippen LogP contribution in [0.2, 0.25) is 0 Å². The Hall–Kier alpha value is -0.120. The lowest BCUT2D eigenvalue weighted by atomic mass is 9.81. The van der Waals surface area contributed by atoms with Gasteiger partial charge in [-0.1, -0.05) is 13.8 Å². The molecule has 0 amide bonds. The number of hydrogen-bond donors (Lipinski definition) is 1. The molecule has 0 radical (unpaired) electrons. The Labute approximate surface area is 118 Å². The van der Waals surface area contributed by atoms with Crippen molar-refractivity contribution in [1.82, 2.24) is 9.80 Å². The number of hydrogen-bond acceptors (Lipinski definition) is 3. The van der Waals surface area contributed by atoms with Crippen molar-refractivity contribution >= 4 is 0 Å². The summed E-state index contributed by atoms with van der Waals surface area (Å²) < 4.78 is 0. The zero-order chi connectivity index (χ0) is 13.5. The molecule has 1 atom stereocenters. The third-order valence-electron chi connectivity index (χ3n) is 6.41. The minimum Gasteiger partial charge on any atom is -0.329 e. The number of nitrogens with two attached hydrogens (primary N) is 1. The summed E-state index contributed by atoms with van der Waals surface area (Å²) in [6, 6.07) is 0.901. The molecule has 3 nitrogen and oxygen atoms in total. The lowest BCUT2D eigenvalue weighted by Gasteiger charge is -2.39. The number of likely N-dealkylation sites (tertiary alicyclic amines) is 2. The van der Waals surface area contributed by atoms with Gasteiger partial charge < -0.3 is 5.73 Å². The molecule has 0 spiro atoms. The Balaban J connectivity index is 1.69. The van der Waals surface area contributed by atoms with Crippen LogP contribution >= 0.6 is 0 Å². The molecule has 1 saturated carbocycles. The molecular weight excluding hydrogens is 234 g/mol. The van der Waals surface area contributed by atoms with Gasteiger partial charge in [0.25, 0.3) is 0 Å². The molecule has 1 unspecified atom stereocenters. The maximum Gasteiger partial charge on any atom is 0.0470 e. The molecule has 0 aromatic heterocycles. The van der Waals surface area contributed by atoms with Crippen LogP contribution in [-0.4, -0.2) is 54.1 Å². The van der Waals surface area contributed by atoms with Crippen LogP contribution in [0.15, 0.2) is 0 Å². The first-order chi connectivity index (χ1) is 9.17. The van der Waals surface area contributed by atoms with Crippen molar-refractivity contribution in [2.75, 3.05) is 32.7 Å². The number of rotatable bonds is 5. The molecule has 3 aliphatic rings. The Morgan fingerprint density at radius 1 is 1.05 bits per heavy atom. The first-order valence-corrected chi connectivity index (χ1v) is 8.36. The minimum atomic E-state index is 0.300. The van der Waals surface area contributed by atoms with Crippen LogP contribution in [0.1, 0.15) is 52.4 Å². The third kappa shape index (κ3) is 2.34. The fourth-order valence-corrected chi connectivity index (χ4v) is 4.36. The average molecular weight is 265 g/mol. The molecule has 110 valence electrons. The zero-order valence-electron chi connectivity index (χ0n) is 12.8. The second-order valence-corrected chi connectivity index (χ2v) is 7.26. The van der Waals surface area contributed by atoms with Gasteiger partial charge >= 0.3 is 0 Å². The van der Waals surface area contributed by atoms with Crippen LogP contribution < -0.4 is 5.73 Å². The van der Waals surface area contributed by atoms with Crippen molar-refractivity contribution in [3.63, 3.8) is 0 Å². The van der Waals surface area contributed by atoms with E-state index in [1.54, 1.807) is 0 Å². The van der Waals surface area contributed by atoms with E-state index < -0.39 is 0 Å². The van der Waals surface area contributed by atoms with Crippen molar-refractivity contribution in [2.45, 2.75) is 64.0 Å². The SMILES string of the molecule is CCC1(CC)CCN(C2(CN)CCN(C3CC3)C2)C1. The maximum atomic E-state index is 6.23. The molecule has 2 N–H and O–H groups in total. The highest BCUT2D eigenvalue weighted by Gasteiger charge is 2.49. The smallest absolute Gasteiger partial charge is 0.0470 e. The summed E-state index contributed by atoms with van der Waals surface area (Å²) in [5.74, 6) is 0. The molecule has 3 heteroatoms. The highest BCUT2D eigenvalue weighted by Crippen LogP contribution is 2.43. The quantitative estimate of drug-likeness (QED) is 0.826. The lowest BCUT2D eigenvalue weighted by Crippen LogP contribution is -2.55. The predicted octanol–water partition coefficient (Wildman–Crippen LogP) is 2.06. The Morgan fingerprint density at radius 3 is 2.32 bits per heavy atom. The zero-order valence-corrected chi connectivity index (χ0v) is 12.8. The Bertz CT molecular complexity index is 322. The second-order valence-electron chi connectivity index (χ2n) is 7.26. The van der Waals surface area contributed by atoms with E-state index in [1.165, 1.54) is 64.7 Å². The molecular formula is C16H31N3. The van der Waals surface area contributed by atoms with E-state index in [9.17, 15) is 0 Å². The van der Waals surface area contributed by atoms with E-state index >= 15 is 0 Å². The van der Waals surface area contributed by atoms with E-state index in [0.717, 1.165) is 12.6 Å². The Morgan fingerprint density at radius 2 is 1.79 bits per heavy atom. The fourth-order valence-electron chi connectivity index (χ4n) is 4.36. The molecule has 3 fully saturated rings. The Kier molecular flexibility index (Phi) is 3.65. The molecule has 2 aliphatic heterocycles. The molecule has 0 aromatic rings. The summed E-state index contributed by atoms with van der Waals surface area (Å²) in [5.41, 5.74) is 7.11. The molecule has 0 bridgehead atoms. The summed E-state index contributed by atoms with van der Waals surface area (Å²) in [5, 5.41) is 0. The fraction of sp³-hybridized carbons (Fsp3) is 1.00.